The van der Waals surface area contributed by atoms with Crippen LogP contribution in [-0.2, 0) is 22.6 Å². The van der Waals surface area contributed by atoms with Crippen LogP contribution >= 0.6 is 0 Å². The van der Waals surface area contributed by atoms with Gasteiger partial charge in [-0.05, 0) is 17.7 Å². The molecule has 1 aromatic carbocycles. The van der Waals surface area contributed by atoms with Crippen LogP contribution in [0.1, 0.15) is 5.56 Å². The largest absolute Gasteiger partial charge is 0.399 e. The molecule has 0 bridgehead atoms. The highest BCUT2D eigenvalue weighted by Crippen LogP contribution is 2.24. The molecule has 1 aromatic heterocycles. The third-order valence-corrected chi connectivity index (χ3v) is 3.35. The minimum atomic E-state index is -3.01. The zero-order valence-corrected chi connectivity index (χ0v) is 10.1. The van der Waals surface area contributed by atoms with Crippen molar-refractivity contribution >= 4 is 26.4 Å². The first kappa shape index (κ1) is 11.0. The number of nitrogens with zero attached hydrogens (tertiary/aromatic N) is 1. The van der Waals surface area contributed by atoms with E-state index in [0.717, 1.165) is 16.5 Å². The van der Waals surface area contributed by atoms with Crippen LogP contribution in [0.5, 0.6) is 0 Å². The standard InChI is InChI=1S/C11H14N2O2S/c1-13-6-8(7-16(2,14)15)10-4-3-9(12)5-11(10)13/h3-6H,7,12H2,1-2H3. The monoisotopic (exact) mass is 238 g/mol. The summed E-state index contributed by atoms with van der Waals surface area (Å²) in [6.45, 7) is 0. The summed E-state index contributed by atoms with van der Waals surface area (Å²) in [5.41, 5.74) is 8.15. The first-order chi connectivity index (χ1) is 7.37. The zero-order chi connectivity index (χ0) is 11.9. The molecule has 0 aliphatic rings. The number of fused-ring (bicyclic) bond motifs is 1. The maximum Gasteiger partial charge on any atom is 0.151 e. The highest BCUT2D eigenvalue weighted by atomic mass is 32.2. The molecule has 1 heterocycles. The number of aryl methyl sites for hydroxylation is 1. The SMILES string of the molecule is Cn1cc(CS(C)(=O)=O)c2ccc(N)cc21. The fourth-order valence-corrected chi connectivity index (χ4v) is 2.68. The third-order valence-electron chi connectivity index (χ3n) is 2.51. The van der Waals surface area contributed by atoms with E-state index in [4.69, 9.17) is 5.73 Å². The molecule has 0 saturated heterocycles. The lowest BCUT2D eigenvalue weighted by Gasteiger charge is -1.98. The topological polar surface area (TPSA) is 65.1 Å². The van der Waals surface area contributed by atoms with Gasteiger partial charge in [0.2, 0.25) is 0 Å². The lowest BCUT2D eigenvalue weighted by molar-refractivity contribution is 0.601. The quantitative estimate of drug-likeness (QED) is 0.802. The molecule has 0 amide bonds. The molecule has 2 rings (SSSR count). The summed E-state index contributed by atoms with van der Waals surface area (Å²) < 4.78 is 24.5. The van der Waals surface area contributed by atoms with E-state index in [2.05, 4.69) is 0 Å². The van der Waals surface area contributed by atoms with E-state index in [9.17, 15) is 8.42 Å². The number of benzene rings is 1. The molecule has 0 fully saturated rings. The summed E-state index contributed by atoms with van der Waals surface area (Å²) in [5, 5.41) is 0.946. The minimum absolute atomic E-state index is 0.0637. The van der Waals surface area contributed by atoms with Gasteiger partial charge in [0, 0.05) is 30.6 Å². The molecule has 0 unspecified atom stereocenters. The molecular formula is C11H14N2O2S. The van der Waals surface area contributed by atoms with Gasteiger partial charge < -0.3 is 10.3 Å². The third kappa shape index (κ3) is 2.04. The van der Waals surface area contributed by atoms with E-state index in [1.165, 1.54) is 6.26 Å². The van der Waals surface area contributed by atoms with Crippen LogP contribution in [0.15, 0.2) is 24.4 Å². The van der Waals surface area contributed by atoms with Crippen molar-refractivity contribution in [3.05, 3.63) is 30.0 Å². The van der Waals surface area contributed by atoms with Crippen LogP contribution in [0.4, 0.5) is 5.69 Å². The molecule has 16 heavy (non-hydrogen) atoms. The Bertz CT molecular complexity index is 641. The Morgan fingerprint density at radius 2 is 2.06 bits per heavy atom. The van der Waals surface area contributed by atoms with Crippen molar-refractivity contribution in [2.24, 2.45) is 7.05 Å². The second kappa shape index (κ2) is 3.52. The highest BCUT2D eigenvalue weighted by molar-refractivity contribution is 7.89. The summed E-state index contributed by atoms with van der Waals surface area (Å²) in [7, 11) is -1.13. The molecule has 5 heteroatoms. The van der Waals surface area contributed by atoms with Crippen LogP contribution in [0.3, 0.4) is 0 Å². The van der Waals surface area contributed by atoms with E-state index in [0.29, 0.717) is 5.69 Å². The summed E-state index contributed by atoms with van der Waals surface area (Å²) in [6.07, 6.45) is 3.08. The molecule has 0 saturated carbocycles. The minimum Gasteiger partial charge on any atom is -0.399 e. The Morgan fingerprint density at radius 3 is 2.69 bits per heavy atom. The summed E-state index contributed by atoms with van der Waals surface area (Å²) >= 11 is 0. The van der Waals surface area contributed by atoms with Crippen molar-refractivity contribution in [2.45, 2.75) is 5.75 Å². The van der Waals surface area contributed by atoms with Crippen LogP contribution in [-0.4, -0.2) is 19.2 Å². The smallest absolute Gasteiger partial charge is 0.151 e. The first-order valence-corrected chi connectivity index (χ1v) is 6.94. The maximum absolute atomic E-state index is 11.3. The predicted molar refractivity (Wildman–Crippen MR) is 65.9 cm³/mol. The fourth-order valence-electron chi connectivity index (χ4n) is 1.88. The van der Waals surface area contributed by atoms with Crippen molar-refractivity contribution in [3.8, 4) is 0 Å². The van der Waals surface area contributed by atoms with Gasteiger partial charge in [0.15, 0.2) is 9.84 Å². The molecule has 4 nitrogen and oxygen atoms in total. The van der Waals surface area contributed by atoms with E-state index >= 15 is 0 Å². The van der Waals surface area contributed by atoms with Crippen molar-refractivity contribution in [3.63, 3.8) is 0 Å². The summed E-state index contributed by atoms with van der Waals surface area (Å²) in [5.74, 6) is 0.0637. The van der Waals surface area contributed by atoms with E-state index in [1.807, 2.05) is 29.9 Å². The Morgan fingerprint density at radius 1 is 1.38 bits per heavy atom. The fraction of sp³-hybridized carbons (Fsp3) is 0.273. The molecule has 0 aliphatic heterocycles. The molecule has 86 valence electrons. The average Bonchev–Trinajstić information content (AvgIpc) is 2.40. The van der Waals surface area contributed by atoms with Gasteiger partial charge in [-0.2, -0.15) is 0 Å². The second-order valence-electron chi connectivity index (χ2n) is 4.11. The van der Waals surface area contributed by atoms with Gasteiger partial charge in [0.25, 0.3) is 0 Å². The number of anilines is 1. The van der Waals surface area contributed by atoms with Gasteiger partial charge in [-0.15, -0.1) is 0 Å². The summed E-state index contributed by atoms with van der Waals surface area (Å²) in [6, 6.07) is 5.50. The first-order valence-electron chi connectivity index (χ1n) is 4.88. The lowest BCUT2D eigenvalue weighted by Crippen LogP contribution is -1.99. The van der Waals surface area contributed by atoms with Crippen LogP contribution in [0, 0.1) is 0 Å². The van der Waals surface area contributed by atoms with Crippen molar-refractivity contribution in [1.29, 1.82) is 0 Å². The molecule has 2 N–H and O–H groups in total. The van der Waals surface area contributed by atoms with Gasteiger partial charge in [0.1, 0.15) is 0 Å². The van der Waals surface area contributed by atoms with E-state index in [1.54, 1.807) is 6.07 Å². The molecule has 0 spiro atoms. The predicted octanol–water partition coefficient (Wildman–Crippen LogP) is 1.31. The van der Waals surface area contributed by atoms with Gasteiger partial charge in [-0.1, -0.05) is 6.07 Å². The molecule has 2 aromatic rings. The van der Waals surface area contributed by atoms with Crippen molar-refractivity contribution < 1.29 is 8.42 Å². The highest BCUT2D eigenvalue weighted by Gasteiger charge is 2.11. The number of nitrogen functional groups attached to an aromatic ring is 1. The number of rotatable bonds is 2. The van der Waals surface area contributed by atoms with Gasteiger partial charge in [-0.3, -0.25) is 0 Å². The lowest BCUT2D eigenvalue weighted by atomic mass is 10.2. The van der Waals surface area contributed by atoms with Gasteiger partial charge in [0.05, 0.1) is 11.3 Å². The number of hydrogen-bond acceptors (Lipinski definition) is 3. The van der Waals surface area contributed by atoms with E-state index in [-0.39, 0.29) is 5.75 Å². The Labute approximate surface area is 94.6 Å². The van der Waals surface area contributed by atoms with Crippen molar-refractivity contribution in [2.75, 3.05) is 12.0 Å². The van der Waals surface area contributed by atoms with Crippen LogP contribution < -0.4 is 5.73 Å². The number of hydrogen-bond donors (Lipinski definition) is 1. The molecule has 0 radical (unpaired) electrons. The van der Waals surface area contributed by atoms with Crippen LogP contribution in [0.2, 0.25) is 0 Å². The zero-order valence-electron chi connectivity index (χ0n) is 9.27. The molecular weight excluding hydrogens is 224 g/mol. The second-order valence-corrected chi connectivity index (χ2v) is 6.25. The molecule has 0 aliphatic carbocycles. The van der Waals surface area contributed by atoms with Gasteiger partial charge >= 0.3 is 0 Å². The van der Waals surface area contributed by atoms with Crippen LogP contribution in [0.25, 0.3) is 10.9 Å². The van der Waals surface area contributed by atoms with E-state index < -0.39 is 9.84 Å². The maximum atomic E-state index is 11.3. The Kier molecular flexibility index (Phi) is 2.42. The number of sulfone groups is 1. The normalized spacial score (nSPS) is 12.1. The Hall–Kier alpha value is -1.49. The average molecular weight is 238 g/mol. The number of nitrogens with two attached hydrogens (primary N) is 1. The summed E-state index contributed by atoms with van der Waals surface area (Å²) in [4.78, 5) is 0. The number of aromatic nitrogens is 1. The molecule has 0 atom stereocenters. The van der Waals surface area contributed by atoms with Crippen molar-refractivity contribution in [1.82, 2.24) is 4.57 Å². The Balaban J connectivity index is 2.64. The van der Waals surface area contributed by atoms with Gasteiger partial charge in [-0.25, -0.2) is 8.42 Å².